The first kappa shape index (κ1) is 17.9. The number of aryl methyl sites for hydroxylation is 1. The number of benzene rings is 1. The van der Waals surface area contributed by atoms with Crippen molar-refractivity contribution in [2.24, 2.45) is 0 Å². The first-order valence-electron chi connectivity index (χ1n) is 7.04. The third kappa shape index (κ3) is 3.55. The molecular weight excluding hydrogens is 333 g/mol. The molecule has 1 unspecified atom stereocenters. The molecule has 0 radical (unpaired) electrons. The number of carbonyl (C=O) groups is 1. The molecule has 9 heteroatoms. The van der Waals surface area contributed by atoms with Crippen LogP contribution >= 0.6 is 0 Å². The largest absolute Gasteiger partial charge is 0.433 e. The average Bonchev–Trinajstić information content (AvgIpc) is 2.91. The minimum absolute atomic E-state index is 0.0406. The topological polar surface area (TPSA) is 46.9 Å². The van der Waals surface area contributed by atoms with E-state index in [9.17, 15) is 26.7 Å². The van der Waals surface area contributed by atoms with Gasteiger partial charge in [0.15, 0.2) is 5.69 Å². The summed E-state index contributed by atoms with van der Waals surface area (Å²) in [5.41, 5.74) is -1.87. The SMILES string of the molecule is CCn1ncc(C(=O)NC(C)c2ccc(F)cc2F)c1C(F)(F)F. The summed E-state index contributed by atoms with van der Waals surface area (Å²) >= 11 is 0. The molecule has 0 bridgehead atoms. The highest BCUT2D eigenvalue weighted by Crippen LogP contribution is 2.32. The molecule has 1 heterocycles. The Kier molecular flexibility index (Phi) is 4.91. The molecule has 24 heavy (non-hydrogen) atoms. The molecule has 0 aliphatic carbocycles. The molecule has 1 amide bonds. The highest BCUT2D eigenvalue weighted by atomic mass is 19.4. The van der Waals surface area contributed by atoms with Crippen molar-refractivity contribution in [2.45, 2.75) is 32.6 Å². The van der Waals surface area contributed by atoms with Crippen LogP contribution in [0.3, 0.4) is 0 Å². The van der Waals surface area contributed by atoms with E-state index in [1.54, 1.807) is 0 Å². The molecule has 0 fully saturated rings. The van der Waals surface area contributed by atoms with Gasteiger partial charge < -0.3 is 5.32 Å². The number of rotatable bonds is 4. The highest BCUT2D eigenvalue weighted by Gasteiger charge is 2.40. The Balaban J connectivity index is 2.29. The van der Waals surface area contributed by atoms with Crippen LogP contribution < -0.4 is 5.32 Å². The predicted molar refractivity (Wildman–Crippen MR) is 75.1 cm³/mol. The number of hydrogen-bond donors (Lipinski definition) is 1. The summed E-state index contributed by atoms with van der Waals surface area (Å²) in [6, 6.07) is 1.80. The lowest BCUT2D eigenvalue weighted by molar-refractivity contribution is -0.144. The summed E-state index contributed by atoms with van der Waals surface area (Å²) < 4.78 is 66.6. The second-order valence-corrected chi connectivity index (χ2v) is 5.08. The van der Waals surface area contributed by atoms with Crippen molar-refractivity contribution in [3.05, 3.63) is 52.9 Å². The molecule has 1 atom stereocenters. The van der Waals surface area contributed by atoms with E-state index in [4.69, 9.17) is 0 Å². The van der Waals surface area contributed by atoms with Crippen LogP contribution in [0, 0.1) is 11.6 Å². The zero-order valence-corrected chi connectivity index (χ0v) is 12.8. The van der Waals surface area contributed by atoms with Gasteiger partial charge in [-0.2, -0.15) is 18.3 Å². The second kappa shape index (κ2) is 6.58. The molecular formula is C15H14F5N3O. The van der Waals surface area contributed by atoms with Crippen molar-refractivity contribution >= 4 is 5.91 Å². The van der Waals surface area contributed by atoms with E-state index in [0.717, 1.165) is 18.3 Å². The van der Waals surface area contributed by atoms with Gasteiger partial charge in [-0.15, -0.1) is 0 Å². The molecule has 1 aromatic heterocycles. The van der Waals surface area contributed by atoms with Gasteiger partial charge >= 0.3 is 6.18 Å². The van der Waals surface area contributed by atoms with Crippen LogP contribution in [0.25, 0.3) is 0 Å². The standard InChI is InChI=1S/C15H14F5N3O/c1-3-23-13(15(18,19)20)11(7-21-23)14(24)22-8(2)10-5-4-9(16)6-12(10)17/h4-8H,3H2,1-2H3,(H,22,24). The van der Waals surface area contributed by atoms with Crippen molar-refractivity contribution in [2.75, 3.05) is 0 Å². The summed E-state index contributed by atoms with van der Waals surface area (Å²) in [5.74, 6) is -2.74. The van der Waals surface area contributed by atoms with Crippen molar-refractivity contribution < 1.29 is 26.7 Å². The van der Waals surface area contributed by atoms with Gasteiger partial charge in [0.05, 0.1) is 17.8 Å². The van der Waals surface area contributed by atoms with Crippen LogP contribution in [-0.2, 0) is 12.7 Å². The van der Waals surface area contributed by atoms with Crippen molar-refractivity contribution in [1.29, 1.82) is 0 Å². The van der Waals surface area contributed by atoms with Crippen LogP contribution in [0.5, 0.6) is 0 Å². The molecule has 2 aromatic rings. The van der Waals surface area contributed by atoms with E-state index in [1.165, 1.54) is 13.8 Å². The summed E-state index contributed by atoms with van der Waals surface area (Å²) in [4.78, 5) is 12.1. The lowest BCUT2D eigenvalue weighted by Gasteiger charge is -2.16. The Morgan fingerprint density at radius 1 is 1.33 bits per heavy atom. The number of carbonyl (C=O) groups excluding carboxylic acids is 1. The van der Waals surface area contributed by atoms with Crippen LogP contribution in [0.4, 0.5) is 22.0 Å². The molecule has 0 saturated carbocycles. The molecule has 1 aromatic carbocycles. The maximum Gasteiger partial charge on any atom is 0.433 e. The van der Waals surface area contributed by atoms with E-state index in [-0.39, 0.29) is 12.1 Å². The summed E-state index contributed by atoms with van der Waals surface area (Å²) in [5, 5.41) is 5.81. The molecule has 130 valence electrons. The monoisotopic (exact) mass is 347 g/mol. The normalized spacial score (nSPS) is 13.0. The number of halogens is 5. The summed E-state index contributed by atoms with van der Waals surface area (Å²) in [7, 11) is 0. The Hall–Kier alpha value is -2.45. The molecule has 0 saturated heterocycles. The molecule has 0 aliphatic heterocycles. The first-order chi connectivity index (χ1) is 11.1. The number of nitrogens with one attached hydrogen (secondary N) is 1. The van der Waals surface area contributed by atoms with Gasteiger partial charge in [0.25, 0.3) is 5.91 Å². The van der Waals surface area contributed by atoms with Crippen LogP contribution in [0.1, 0.15) is 41.5 Å². The number of alkyl halides is 3. The zero-order valence-electron chi connectivity index (χ0n) is 12.8. The van der Waals surface area contributed by atoms with E-state index >= 15 is 0 Å². The maximum absolute atomic E-state index is 13.7. The fourth-order valence-corrected chi connectivity index (χ4v) is 2.30. The molecule has 4 nitrogen and oxygen atoms in total. The Morgan fingerprint density at radius 3 is 2.54 bits per heavy atom. The van der Waals surface area contributed by atoms with Crippen molar-refractivity contribution in [1.82, 2.24) is 15.1 Å². The molecule has 2 rings (SSSR count). The van der Waals surface area contributed by atoms with E-state index < -0.39 is 41.0 Å². The summed E-state index contributed by atoms with van der Waals surface area (Å²) in [6.07, 6.45) is -3.95. The smallest absolute Gasteiger partial charge is 0.345 e. The number of aromatic nitrogens is 2. The van der Waals surface area contributed by atoms with Gasteiger partial charge in [0, 0.05) is 18.2 Å². The predicted octanol–water partition coefficient (Wildman–Crippen LogP) is 3.69. The fourth-order valence-electron chi connectivity index (χ4n) is 2.30. The average molecular weight is 347 g/mol. The number of amides is 1. The van der Waals surface area contributed by atoms with E-state index in [1.807, 2.05) is 0 Å². The van der Waals surface area contributed by atoms with Gasteiger partial charge in [-0.3, -0.25) is 9.48 Å². The Labute approximate surface area is 134 Å². The Morgan fingerprint density at radius 2 is 2.00 bits per heavy atom. The van der Waals surface area contributed by atoms with Crippen LogP contribution in [0.15, 0.2) is 24.4 Å². The lowest BCUT2D eigenvalue weighted by Crippen LogP contribution is -2.29. The van der Waals surface area contributed by atoms with E-state index in [0.29, 0.717) is 10.7 Å². The van der Waals surface area contributed by atoms with Crippen LogP contribution in [0.2, 0.25) is 0 Å². The summed E-state index contributed by atoms with van der Waals surface area (Å²) in [6.45, 7) is 2.77. The van der Waals surface area contributed by atoms with Gasteiger partial charge in [0.2, 0.25) is 0 Å². The van der Waals surface area contributed by atoms with Crippen molar-refractivity contribution in [3.63, 3.8) is 0 Å². The first-order valence-corrected chi connectivity index (χ1v) is 7.04. The van der Waals surface area contributed by atoms with E-state index in [2.05, 4.69) is 10.4 Å². The number of nitrogens with zero attached hydrogens (tertiary/aromatic N) is 2. The highest BCUT2D eigenvalue weighted by molar-refractivity contribution is 5.95. The second-order valence-electron chi connectivity index (χ2n) is 5.08. The lowest BCUT2D eigenvalue weighted by atomic mass is 10.1. The fraction of sp³-hybridized carbons (Fsp3) is 0.333. The minimum atomic E-state index is -4.76. The third-order valence-electron chi connectivity index (χ3n) is 3.43. The van der Waals surface area contributed by atoms with Crippen molar-refractivity contribution in [3.8, 4) is 0 Å². The molecule has 0 spiro atoms. The third-order valence-corrected chi connectivity index (χ3v) is 3.43. The maximum atomic E-state index is 13.7. The number of hydrogen-bond acceptors (Lipinski definition) is 2. The van der Waals surface area contributed by atoms with Crippen LogP contribution in [-0.4, -0.2) is 15.7 Å². The Bertz CT molecular complexity index is 754. The van der Waals surface area contributed by atoms with Gasteiger partial charge in [-0.05, 0) is 19.9 Å². The molecule has 0 aliphatic rings. The van der Waals surface area contributed by atoms with Gasteiger partial charge in [-0.1, -0.05) is 6.07 Å². The minimum Gasteiger partial charge on any atom is -0.345 e. The quantitative estimate of drug-likeness (QED) is 0.858. The van der Waals surface area contributed by atoms with Gasteiger partial charge in [0.1, 0.15) is 11.6 Å². The zero-order chi connectivity index (χ0) is 18.1. The molecule has 1 N–H and O–H groups in total. The van der Waals surface area contributed by atoms with Gasteiger partial charge in [-0.25, -0.2) is 8.78 Å².